The van der Waals surface area contributed by atoms with E-state index in [9.17, 15) is 18.0 Å². The van der Waals surface area contributed by atoms with Gasteiger partial charge in [-0.2, -0.15) is 0 Å². The molecule has 160 valence electrons. The fourth-order valence-corrected chi connectivity index (χ4v) is 4.80. The van der Waals surface area contributed by atoms with E-state index in [-0.39, 0.29) is 23.8 Å². The summed E-state index contributed by atoms with van der Waals surface area (Å²) in [6, 6.07) is 9.51. The van der Waals surface area contributed by atoms with Crippen LogP contribution in [-0.4, -0.2) is 74.5 Å². The number of hydrogen-bond acceptors (Lipinski definition) is 5. The lowest BCUT2D eigenvalue weighted by molar-refractivity contribution is -0.127. The van der Waals surface area contributed by atoms with Crippen molar-refractivity contribution >= 4 is 27.5 Å². The molecule has 0 radical (unpaired) electrons. The Morgan fingerprint density at radius 3 is 2.21 bits per heavy atom. The van der Waals surface area contributed by atoms with Crippen molar-refractivity contribution in [1.82, 2.24) is 14.5 Å². The first-order chi connectivity index (χ1) is 13.8. The summed E-state index contributed by atoms with van der Waals surface area (Å²) < 4.78 is 24.6. The first kappa shape index (κ1) is 21.7. The van der Waals surface area contributed by atoms with Gasteiger partial charge in [-0.3, -0.25) is 14.5 Å². The Hall–Kier alpha value is -1.97. The molecule has 2 aliphatic rings. The first-order valence-electron chi connectivity index (χ1n) is 10.1. The number of nitrogens with one attached hydrogen (secondary N) is 2. The van der Waals surface area contributed by atoms with E-state index in [0.717, 1.165) is 31.6 Å². The highest BCUT2D eigenvalue weighted by Crippen LogP contribution is 2.20. The molecule has 0 spiro atoms. The van der Waals surface area contributed by atoms with Crippen molar-refractivity contribution < 1.29 is 18.0 Å². The quantitative estimate of drug-likeness (QED) is 0.709. The van der Waals surface area contributed by atoms with Crippen molar-refractivity contribution in [3.63, 3.8) is 0 Å². The summed E-state index contributed by atoms with van der Waals surface area (Å²) in [5.74, 6) is -0.127. The van der Waals surface area contributed by atoms with Crippen LogP contribution in [0, 0.1) is 5.92 Å². The first-order valence-corrected chi connectivity index (χ1v) is 12.0. The average Bonchev–Trinajstić information content (AvgIpc) is 2.69. The molecule has 0 unspecified atom stereocenters. The number of sulfonamides is 1. The normalized spacial score (nSPS) is 20.3. The number of benzene rings is 1. The third-order valence-electron chi connectivity index (χ3n) is 5.65. The van der Waals surface area contributed by atoms with E-state index in [2.05, 4.69) is 15.5 Å². The number of hydrogen-bond donors (Lipinski definition) is 2. The number of amides is 2. The molecule has 2 N–H and O–H groups in total. The summed E-state index contributed by atoms with van der Waals surface area (Å²) in [6.45, 7) is 2.69. The molecule has 2 heterocycles. The average molecular weight is 423 g/mol. The number of para-hydroxylation sites is 1. The third kappa shape index (κ3) is 6.52. The molecule has 1 aromatic rings. The summed E-state index contributed by atoms with van der Waals surface area (Å²) in [7, 11) is -3.17. The van der Waals surface area contributed by atoms with Crippen LogP contribution in [0.5, 0.6) is 0 Å². The molecule has 0 aliphatic carbocycles. The molecule has 2 amide bonds. The summed E-state index contributed by atoms with van der Waals surface area (Å²) in [5.41, 5.74) is 0.793. The number of likely N-dealkylation sites (tertiary alicyclic amines) is 1. The summed E-state index contributed by atoms with van der Waals surface area (Å²) in [4.78, 5) is 26.8. The lowest BCUT2D eigenvalue weighted by Crippen LogP contribution is -2.49. The molecule has 29 heavy (non-hydrogen) atoms. The van der Waals surface area contributed by atoms with Crippen LogP contribution in [0.3, 0.4) is 0 Å². The second kappa shape index (κ2) is 9.69. The minimum atomic E-state index is -3.17. The van der Waals surface area contributed by atoms with Gasteiger partial charge in [0.2, 0.25) is 21.8 Å². The maximum absolute atomic E-state index is 12.5. The molecule has 0 atom stereocenters. The standard InChI is InChI=1S/C20H30N4O4S/c1-29(27,28)24-13-7-16(8-14-24)20(26)22-18-9-11-23(12-10-18)15-19(25)21-17-5-3-2-4-6-17/h2-6,16,18H,7-15H2,1H3,(H,21,25)(H,22,26). The highest BCUT2D eigenvalue weighted by atomic mass is 32.2. The number of carbonyl (C=O) groups excluding carboxylic acids is 2. The lowest BCUT2D eigenvalue weighted by atomic mass is 9.96. The number of nitrogens with zero attached hydrogens (tertiary/aromatic N) is 2. The van der Waals surface area contributed by atoms with Crippen LogP contribution in [0.4, 0.5) is 5.69 Å². The fourth-order valence-electron chi connectivity index (χ4n) is 3.93. The Morgan fingerprint density at radius 1 is 1.00 bits per heavy atom. The molecule has 0 saturated carbocycles. The molecule has 0 aromatic heterocycles. The van der Waals surface area contributed by atoms with Crippen LogP contribution >= 0.6 is 0 Å². The monoisotopic (exact) mass is 422 g/mol. The number of rotatable bonds is 6. The number of anilines is 1. The number of carbonyl (C=O) groups is 2. The van der Waals surface area contributed by atoms with Gasteiger partial charge >= 0.3 is 0 Å². The Bertz CT molecular complexity index is 799. The van der Waals surface area contributed by atoms with Crippen molar-refractivity contribution in [2.45, 2.75) is 31.7 Å². The fraction of sp³-hybridized carbons (Fsp3) is 0.600. The smallest absolute Gasteiger partial charge is 0.238 e. The second-order valence-electron chi connectivity index (χ2n) is 7.91. The van der Waals surface area contributed by atoms with Gasteiger partial charge in [-0.25, -0.2) is 12.7 Å². The molecular formula is C20H30N4O4S. The van der Waals surface area contributed by atoms with E-state index in [1.165, 1.54) is 10.6 Å². The summed E-state index contributed by atoms with van der Waals surface area (Å²) in [6.07, 6.45) is 3.97. The zero-order valence-corrected chi connectivity index (χ0v) is 17.7. The minimum Gasteiger partial charge on any atom is -0.353 e. The lowest BCUT2D eigenvalue weighted by Gasteiger charge is -2.34. The maximum atomic E-state index is 12.5. The maximum Gasteiger partial charge on any atom is 0.238 e. The molecule has 3 rings (SSSR count). The van der Waals surface area contributed by atoms with Gasteiger partial charge in [-0.05, 0) is 37.8 Å². The van der Waals surface area contributed by atoms with Crippen LogP contribution in [0.15, 0.2) is 30.3 Å². The van der Waals surface area contributed by atoms with Crippen LogP contribution < -0.4 is 10.6 Å². The summed E-state index contributed by atoms with van der Waals surface area (Å²) >= 11 is 0. The minimum absolute atomic E-state index is 0.0263. The van der Waals surface area contributed by atoms with Gasteiger partial charge < -0.3 is 10.6 Å². The molecule has 2 saturated heterocycles. The van der Waals surface area contributed by atoms with E-state index in [0.29, 0.717) is 32.5 Å². The van der Waals surface area contributed by atoms with Crippen LogP contribution in [0.25, 0.3) is 0 Å². The SMILES string of the molecule is CS(=O)(=O)N1CCC(C(=O)NC2CCN(CC(=O)Nc3ccccc3)CC2)CC1. The third-order valence-corrected chi connectivity index (χ3v) is 6.96. The molecule has 8 nitrogen and oxygen atoms in total. The molecule has 2 aliphatic heterocycles. The summed E-state index contributed by atoms with van der Waals surface area (Å²) in [5, 5.41) is 6.01. The predicted octanol–water partition coefficient (Wildman–Crippen LogP) is 0.877. The van der Waals surface area contributed by atoms with Gasteiger partial charge in [-0.1, -0.05) is 18.2 Å². The van der Waals surface area contributed by atoms with E-state index in [4.69, 9.17) is 0 Å². The van der Waals surface area contributed by atoms with Gasteiger partial charge in [-0.15, -0.1) is 0 Å². The van der Waals surface area contributed by atoms with Crippen LogP contribution in [-0.2, 0) is 19.6 Å². The van der Waals surface area contributed by atoms with E-state index in [1.807, 2.05) is 30.3 Å². The van der Waals surface area contributed by atoms with Gasteiger partial charge in [0.1, 0.15) is 0 Å². The number of piperidine rings is 2. The van der Waals surface area contributed by atoms with Crippen molar-refractivity contribution in [3.05, 3.63) is 30.3 Å². The highest BCUT2D eigenvalue weighted by molar-refractivity contribution is 7.88. The Labute approximate surface area is 172 Å². The Balaban J connectivity index is 1.36. The van der Waals surface area contributed by atoms with Crippen LogP contribution in [0.1, 0.15) is 25.7 Å². The van der Waals surface area contributed by atoms with Crippen molar-refractivity contribution in [1.29, 1.82) is 0 Å². The topological polar surface area (TPSA) is 98.8 Å². The van der Waals surface area contributed by atoms with Gasteiger partial charge in [0.05, 0.1) is 12.8 Å². The van der Waals surface area contributed by atoms with Crippen molar-refractivity contribution in [2.75, 3.05) is 44.3 Å². The van der Waals surface area contributed by atoms with E-state index >= 15 is 0 Å². The largest absolute Gasteiger partial charge is 0.353 e. The van der Waals surface area contributed by atoms with Gasteiger partial charge in [0.15, 0.2) is 0 Å². The molecule has 1 aromatic carbocycles. The molecule has 9 heteroatoms. The van der Waals surface area contributed by atoms with E-state index < -0.39 is 10.0 Å². The molecular weight excluding hydrogens is 392 g/mol. The Kier molecular flexibility index (Phi) is 7.26. The second-order valence-corrected chi connectivity index (χ2v) is 9.89. The predicted molar refractivity (Wildman–Crippen MR) is 112 cm³/mol. The van der Waals surface area contributed by atoms with Crippen molar-refractivity contribution in [3.8, 4) is 0 Å². The van der Waals surface area contributed by atoms with Gasteiger partial charge in [0, 0.05) is 43.8 Å². The van der Waals surface area contributed by atoms with Gasteiger partial charge in [0.25, 0.3) is 0 Å². The van der Waals surface area contributed by atoms with E-state index in [1.54, 1.807) is 0 Å². The highest BCUT2D eigenvalue weighted by Gasteiger charge is 2.30. The zero-order chi connectivity index (χ0) is 20.9. The molecule has 0 bridgehead atoms. The zero-order valence-electron chi connectivity index (χ0n) is 16.8. The molecule has 2 fully saturated rings. The van der Waals surface area contributed by atoms with Crippen molar-refractivity contribution in [2.24, 2.45) is 5.92 Å². The van der Waals surface area contributed by atoms with Crippen LogP contribution in [0.2, 0.25) is 0 Å². The Morgan fingerprint density at radius 2 is 1.62 bits per heavy atom.